The van der Waals surface area contributed by atoms with E-state index in [4.69, 9.17) is 0 Å². The van der Waals surface area contributed by atoms with Gasteiger partial charge in [0.2, 0.25) is 0 Å². The van der Waals surface area contributed by atoms with Crippen molar-refractivity contribution in [2.75, 3.05) is 0 Å². The molecule has 3 aliphatic rings. The summed E-state index contributed by atoms with van der Waals surface area (Å²) in [6.07, 6.45) is 18.9. The van der Waals surface area contributed by atoms with Crippen LogP contribution in [0.15, 0.2) is 18.2 Å². The van der Waals surface area contributed by atoms with E-state index in [1.165, 1.54) is 75.9 Å². The molecular weight excluding hydrogens is 469 g/mol. The Kier molecular flexibility index (Phi) is 9.39. The number of pyridine rings is 1. The van der Waals surface area contributed by atoms with E-state index in [2.05, 4.69) is 44.0 Å². The number of hydrogen-bond acceptors (Lipinski definition) is 2. The molecule has 3 fully saturated rings. The van der Waals surface area contributed by atoms with Crippen molar-refractivity contribution >= 4 is 15.0 Å². The first kappa shape index (κ1) is 25.7. The van der Waals surface area contributed by atoms with Gasteiger partial charge in [0.1, 0.15) is 0 Å². The molecule has 7 atom stereocenters. The molecule has 4 rings (SSSR count). The Labute approximate surface area is 210 Å². The predicted molar refractivity (Wildman–Crippen MR) is 141 cm³/mol. The molecule has 0 saturated heterocycles. The minimum absolute atomic E-state index is 0.147. The maximum absolute atomic E-state index is 11.1. The molecule has 3 aliphatic carbocycles. The summed E-state index contributed by atoms with van der Waals surface area (Å²) in [5.74, 6) is 4.34. The standard InChI is InChI=1S/C30H49NOSe/c1-4-6-13-28-27(18-16-25-11-7-8-20-30(25,28)33-5-2)23-14-15-24(21-23)29(32)19-17-26-12-9-10-22(3)31-26/h9-10,12,23-25,27-29,32H,4-8,11,13-21H2,1-3H3. The van der Waals surface area contributed by atoms with Gasteiger partial charge in [-0.3, -0.25) is 0 Å². The Morgan fingerprint density at radius 2 is 2.00 bits per heavy atom. The second-order valence-electron chi connectivity index (χ2n) is 11.5. The summed E-state index contributed by atoms with van der Waals surface area (Å²) in [6, 6.07) is 6.28. The van der Waals surface area contributed by atoms with Crippen molar-refractivity contribution in [3.63, 3.8) is 0 Å². The van der Waals surface area contributed by atoms with E-state index in [1.54, 1.807) is 6.42 Å². The number of nitrogens with zero attached hydrogens (tertiary/aromatic N) is 1. The van der Waals surface area contributed by atoms with Gasteiger partial charge in [0, 0.05) is 0 Å². The molecule has 1 aromatic heterocycles. The predicted octanol–water partition coefficient (Wildman–Crippen LogP) is 7.81. The number of rotatable bonds is 10. The van der Waals surface area contributed by atoms with E-state index in [1.807, 2.05) is 0 Å². The number of unbranched alkanes of at least 4 members (excludes halogenated alkanes) is 1. The molecule has 3 heteroatoms. The van der Waals surface area contributed by atoms with Crippen LogP contribution in [0.5, 0.6) is 0 Å². The first-order valence-electron chi connectivity index (χ1n) is 14.3. The summed E-state index contributed by atoms with van der Waals surface area (Å²) < 4.78 is 0.714. The van der Waals surface area contributed by atoms with E-state index in [-0.39, 0.29) is 6.10 Å². The van der Waals surface area contributed by atoms with Crippen molar-refractivity contribution in [3.8, 4) is 0 Å². The van der Waals surface area contributed by atoms with Crippen molar-refractivity contribution in [2.24, 2.45) is 29.6 Å². The average Bonchev–Trinajstić information content (AvgIpc) is 3.31. The molecule has 7 unspecified atom stereocenters. The van der Waals surface area contributed by atoms with E-state index in [0.717, 1.165) is 62.9 Å². The van der Waals surface area contributed by atoms with Gasteiger partial charge in [-0.25, -0.2) is 0 Å². The second kappa shape index (κ2) is 12.0. The summed E-state index contributed by atoms with van der Waals surface area (Å²) in [7, 11) is 0. The van der Waals surface area contributed by atoms with Crippen LogP contribution in [0.25, 0.3) is 0 Å². The van der Waals surface area contributed by atoms with Gasteiger partial charge in [-0.2, -0.15) is 0 Å². The maximum atomic E-state index is 11.1. The van der Waals surface area contributed by atoms with Crippen LogP contribution in [0.4, 0.5) is 0 Å². The van der Waals surface area contributed by atoms with Gasteiger partial charge < -0.3 is 0 Å². The summed E-state index contributed by atoms with van der Waals surface area (Å²) in [4.78, 5) is 4.65. The van der Waals surface area contributed by atoms with Crippen molar-refractivity contribution in [1.29, 1.82) is 0 Å². The van der Waals surface area contributed by atoms with Crippen LogP contribution < -0.4 is 0 Å². The van der Waals surface area contributed by atoms with Gasteiger partial charge in [0.25, 0.3) is 0 Å². The molecule has 2 nitrogen and oxygen atoms in total. The summed E-state index contributed by atoms with van der Waals surface area (Å²) in [6.45, 7) is 6.91. The Balaban J connectivity index is 1.41. The first-order chi connectivity index (χ1) is 16.1. The molecule has 1 N–H and O–H groups in total. The van der Waals surface area contributed by atoms with E-state index in [0.29, 0.717) is 10.2 Å². The van der Waals surface area contributed by atoms with Crippen LogP contribution in [-0.4, -0.2) is 31.2 Å². The Morgan fingerprint density at radius 1 is 1.12 bits per heavy atom. The Bertz CT molecular complexity index is 734. The summed E-state index contributed by atoms with van der Waals surface area (Å²) >= 11 is 0.813. The van der Waals surface area contributed by atoms with Crippen molar-refractivity contribution < 1.29 is 5.11 Å². The average molecular weight is 519 g/mol. The second-order valence-corrected chi connectivity index (χ2v) is 14.9. The molecule has 0 aliphatic heterocycles. The molecular formula is C30H49NOSe. The molecule has 1 heterocycles. The molecule has 0 amide bonds. The third-order valence-electron chi connectivity index (χ3n) is 9.64. The SMILES string of the molecule is CCCCC1C(C2CCC(C(O)CCc3cccc(C)n3)C2)CCC2CCCCC21[Se]CC. The topological polar surface area (TPSA) is 33.1 Å². The fraction of sp³-hybridized carbons (Fsp3) is 0.833. The van der Waals surface area contributed by atoms with Crippen molar-refractivity contribution in [2.45, 2.75) is 126 Å². The van der Waals surface area contributed by atoms with Crippen molar-refractivity contribution in [1.82, 2.24) is 4.98 Å². The fourth-order valence-electron chi connectivity index (χ4n) is 8.15. The zero-order valence-corrected chi connectivity index (χ0v) is 23.3. The monoisotopic (exact) mass is 519 g/mol. The van der Waals surface area contributed by atoms with Crippen molar-refractivity contribution in [3.05, 3.63) is 29.6 Å². The molecule has 0 bridgehead atoms. The van der Waals surface area contributed by atoms with Crippen LogP contribution >= 0.6 is 0 Å². The van der Waals surface area contributed by atoms with Gasteiger partial charge in [0.05, 0.1) is 0 Å². The van der Waals surface area contributed by atoms with Crippen LogP contribution in [0.1, 0.15) is 109 Å². The normalized spacial score (nSPS) is 35.3. The quantitative estimate of drug-likeness (QED) is 0.321. The van der Waals surface area contributed by atoms with Crippen LogP contribution in [0.2, 0.25) is 9.63 Å². The van der Waals surface area contributed by atoms with Gasteiger partial charge in [-0.1, -0.05) is 0 Å². The Hall–Kier alpha value is -0.371. The first-order valence-corrected chi connectivity index (χ1v) is 16.4. The molecule has 0 spiro atoms. The van der Waals surface area contributed by atoms with Gasteiger partial charge in [-0.15, -0.1) is 0 Å². The van der Waals surface area contributed by atoms with Crippen LogP contribution in [-0.2, 0) is 6.42 Å². The third-order valence-corrected chi connectivity index (χ3v) is 13.1. The number of aliphatic hydroxyl groups excluding tert-OH is 1. The molecule has 3 saturated carbocycles. The number of aryl methyl sites for hydroxylation is 2. The number of fused-ring (bicyclic) bond motifs is 1. The van der Waals surface area contributed by atoms with Crippen LogP contribution in [0.3, 0.4) is 0 Å². The van der Waals surface area contributed by atoms with Gasteiger partial charge in [0.15, 0.2) is 0 Å². The van der Waals surface area contributed by atoms with Gasteiger partial charge in [-0.05, 0) is 13.0 Å². The van der Waals surface area contributed by atoms with E-state index in [9.17, 15) is 5.11 Å². The third kappa shape index (κ3) is 5.90. The van der Waals surface area contributed by atoms with E-state index < -0.39 is 0 Å². The zero-order valence-electron chi connectivity index (χ0n) is 21.6. The number of aromatic nitrogens is 1. The fourth-order valence-corrected chi connectivity index (χ4v) is 11.9. The Morgan fingerprint density at radius 3 is 2.79 bits per heavy atom. The zero-order chi connectivity index (χ0) is 23.3. The minimum atomic E-state index is -0.147. The molecule has 0 radical (unpaired) electrons. The van der Waals surface area contributed by atoms with E-state index >= 15 is 0 Å². The summed E-state index contributed by atoms with van der Waals surface area (Å²) in [5, 5.41) is 12.5. The number of hydrogen-bond donors (Lipinski definition) is 1. The molecule has 0 aromatic carbocycles. The van der Waals surface area contributed by atoms with Crippen LogP contribution in [0, 0.1) is 36.5 Å². The number of aliphatic hydroxyl groups is 1. The summed E-state index contributed by atoms with van der Waals surface area (Å²) in [5.41, 5.74) is 2.23. The molecule has 1 aromatic rings. The molecule has 186 valence electrons. The van der Waals surface area contributed by atoms with Gasteiger partial charge >= 0.3 is 198 Å². The molecule has 33 heavy (non-hydrogen) atoms.